The van der Waals surface area contributed by atoms with Crippen LogP contribution in [0.4, 0.5) is 5.69 Å². The fourth-order valence-corrected chi connectivity index (χ4v) is 5.23. The van der Waals surface area contributed by atoms with Crippen molar-refractivity contribution in [2.45, 2.75) is 65.1 Å². The number of aromatic nitrogens is 2. The molecule has 0 fully saturated rings. The van der Waals surface area contributed by atoms with Crippen molar-refractivity contribution in [3.8, 4) is 0 Å². The first-order chi connectivity index (χ1) is 27.0. The lowest BCUT2D eigenvalue weighted by atomic mass is 10.0. The summed E-state index contributed by atoms with van der Waals surface area (Å²) >= 11 is 0. The van der Waals surface area contributed by atoms with Gasteiger partial charge in [-0.3, -0.25) is 38.7 Å². The van der Waals surface area contributed by atoms with Crippen LogP contribution in [0.25, 0.3) is 12.2 Å². The molecule has 0 unspecified atom stereocenters. The molecule has 0 aliphatic carbocycles. The van der Waals surface area contributed by atoms with Crippen molar-refractivity contribution in [2.75, 3.05) is 5.32 Å². The van der Waals surface area contributed by atoms with E-state index in [1.54, 1.807) is 72.8 Å². The van der Waals surface area contributed by atoms with Crippen molar-refractivity contribution in [1.29, 1.82) is 0 Å². The van der Waals surface area contributed by atoms with E-state index in [4.69, 9.17) is 0 Å². The van der Waals surface area contributed by atoms with Crippen molar-refractivity contribution < 1.29 is 28.8 Å². The van der Waals surface area contributed by atoms with Gasteiger partial charge in [0.1, 0.15) is 28.5 Å². The van der Waals surface area contributed by atoms with Gasteiger partial charge < -0.3 is 31.9 Å². The van der Waals surface area contributed by atoms with Crippen molar-refractivity contribution in [3.63, 3.8) is 0 Å². The molecule has 4 aromatic rings. The first kappa shape index (κ1) is 42.8. The molecule has 14 nitrogen and oxygen atoms in total. The summed E-state index contributed by atoms with van der Waals surface area (Å²) in [7, 11) is 0. The van der Waals surface area contributed by atoms with E-state index in [1.165, 1.54) is 76.8 Å². The molecular formula is C43H48N8O6. The second-order valence-corrected chi connectivity index (χ2v) is 14.6. The summed E-state index contributed by atoms with van der Waals surface area (Å²) in [4.78, 5) is 89.7. The summed E-state index contributed by atoms with van der Waals surface area (Å²) in [5.41, 5.74) is -1.37. The van der Waals surface area contributed by atoms with Gasteiger partial charge in [0.15, 0.2) is 0 Å². The lowest BCUT2D eigenvalue weighted by Crippen LogP contribution is -2.56. The van der Waals surface area contributed by atoms with Gasteiger partial charge in [0.05, 0.1) is 0 Å². The standard InChI is InChI=1S/C43H48N8O6/c1-28(2)25-33(37(53)48-35(27-30-15-11-8-12-16-30)39(55)51-42(3,4)40(56)46-32-19-23-45-24-20-32)47-38(54)34(26-29-13-9-7-10-14-29)49-41(57)43(5,6)50-36(52)31-17-21-44-22-18-31/h7-24,26-28,33H,25H2,1-6H3,(H,47,54)(H,48,53)(H,49,57)(H,50,52)(H,51,55)(H,45,46,56)/b34-26-,35-27-/t33-/m0/s1. The van der Waals surface area contributed by atoms with E-state index in [1.807, 2.05) is 13.8 Å². The first-order valence-corrected chi connectivity index (χ1v) is 18.3. The Morgan fingerprint density at radius 1 is 0.614 bits per heavy atom. The number of carbonyl (C=O) groups is 6. The maximum atomic E-state index is 14.1. The van der Waals surface area contributed by atoms with Crippen LogP contribution in [0.15, 0.2) is 121 Å². The maximum Gasteiger partial charge on any atom is 0.268 e. The molecule has 2 aromatic heterocycles. The molecule has 2 aromatic carbocycles. The number of pyridine rings is 2. The van der Waals surface area contributed by atoms with E-state index in [0.29, 0.717) is 16.8 Å². The highest BCUT2D eigenvalue weighted by molar-refractivity contribution is 6.08. The summed E-state index contributed by atoms with van der Waals surface area (Å²) in [5, 5.41) is 16.2. The minimum Gasteiger partial charge on any atom is -0.339 e. The molecule has 0 saturated heterocycles. The Hall–Kier alpha value is -6.96. The van der Waals surface area contributed by atoms with Gasteiger partial charge in [0.25, 0.3) is 17.7 Å². The first-order valence-electron chi connectivity index (χ1n) is 18.3. The minimum atomic E-state index is -1.49. The average molecular weight is 773 g/mol. The van der Waals surface area contributed by atoms with E-state index < -0.39 is 52.6 Å². The van der Waals surface area contributed by atoms with E-state index in [2.05, 4.69) is 41.9 Å². The zero-order chi connectivity index (χ0) is 41.6. The molecule has 0 bridgehead atoms. The van der Waals surface area contributed by atoms with Crippen LogP contribution in [0.5, 0.6) is 0 Å². The van der Waals surface area contributed by atoms with Crippen LogP contribution in [0.3, 0.4) is 0 Å². The monoisotopic (exact) mass is 772 g/mol. The highest BCUT2D eigenvalue weighted by Crippen LogP contribution is 2.15. The number of carbonyl (C=O) groups excluding carboxylic acids is 6. The van der Waals surface area contributed by atoms with Crippen molar-refractivity contribution in [2.24, 2.45) is 5.92 Å². The molecule has 4 rings (SSSR count). The molecule has 1 atom stereocenters. The number of anilines is 1. The van der Waals surface area contributed by atoms with Crippen molar-refractivity contribution in [3.05, 3.63) is 138 Å². The Kier molecular flexibility index (Phi) is 14.7. The van der Waals surface area contributed by atoms with Crippen LogP contribution in [0.1, 0.15) is 69.4 Å². The summed E-state index contributed by atoms with van der Waals surface area (Å²) in [6.45, 7) is 9.74. The topological polar surface area (TPSA) is 200 Å². The largest absolute Gasteiger partial charge is 0.339 e. The highest BCUT2D eigenvalue weighted by Gasteiger charge is 2.34. The maximum absolute atomic E-state index is 14.1. The molecule has 0 radical (unpaired) electrons. The number of hydrogen-bond acceptors (Lipinski definition) is 8. The fourth-order valence-electron chi connectivity index (χ4n) is 5.23. The Morgan fingerprint density at radius 3 is 1.63 bits per heavy atom. The van der Waals surface area contributed by atoms with Gasteiger partial charge >= 0.3 is 0 Å². The molecule has 0 saturated carbocycles. The van der Waals surface area contributed by atoms with Crippen molar-refractivity contribution in [1.82, 2.24) is 36.6 Å². The number of nitrogens with one attached hydrogen (secondary N) is 6. The molecule has 0 aliphatic rings. The Morgan fingerprint density at radius 2 is 1.11 bits per heavy atom. The normalized spacial score (nSPS) is 12.5. The predicted octanol–water partition coefficient (Wildman–Crippen LogP) is 4.36. The van der Waals surface area contributed by atoms with Crippen molar-refractivity contribution >= 4 is 53.3 Å². The van der Waals surface area contributed by atoms with Gasteiger partial charge in [-0.1, -0.05) is 74.5 Å². The summed E-state index contributed by atoms with van der Waals surface area (Å²) in [5.74, 6) is -4.12. The van der Waals surface area contributed by atoms with E-state index in [9.17, 15) is 28.8 Å². The van der Waals surface area contributed by atoms with Crippen LogP contribution in [-0.4, -0.2) is 62.5 Å². The van der Waals surface area contributed by atoms with Gasteiger partial charge in [-0.2, -0.15) is 0 Å². The molecule has 2 heterocycles. The predicted molar refractivity (Wildman–Crippen MR) is 217 cm³/mol. The van der Waals surface area contributed by atoms with Gasteiger partial charge in [0, 0.05) is 36.0 Å². The second-order valence-electron chi connectivity index (χ2n) is 14.6. The lowest BCUT2D eigenvalue weighted by molar-refractivity contribution is -0.130. The molecule has 6 amide bonds. The second kappa shape index (κ2) is 19.6. The molecule has 14 heteroatoms. The highest BCUT2D eigenvalue weighted by atomic mass is 16.2. The third-order valence-corrected chi connectivity index (χ3v) is 8.41. The average Bonchev–Trinajstić information content (AvgIpc) is 3.18. The van der Waals surface area contributed by atoms with E-state index >= 15 is 0 Å². The molecule has 57 heavy (non-hydrogen) atoms. The molecule has 0 spiro atoms. The van der Waals surface area contributed by atoms with Crippen LogP contribution < -0.4 is 31.9 Å². The third-order valence-electron chi connectivity index (χ3n) is 8.41. The van der Waals surface area contributed by atoms with Gasteiger partial charge in [-0.15, -0.1) is 0 Å². The smallest absolute Gasteiger partial charge is 0.268 e. The Labute approximate surface area is 332 Å². The molecular weight excluding hydrogens is 725 g/mol. The zero-order valence-electron chi connectivity index (χ0n) is 32.8. The van der Waals surface area contributed by atoms with Gasteiger partial charge in [-0.25, -0.2) is 0 Å². The Balaban J connectivity index is 1.59. The summed E-state index contributed by atoms with van der Waals surface area (Å²) in [6, 6.07) is 22.6. The third kappa shape index (κ3) is 13.1. The SMILES string of the molecule is CC(C)C[C@H](NC(=O)/C(=C/c1ccccc1)NC(=O)C(C)(C)NC(=O)c1ccncc1)C(=O)N/C(=C\c1ccccc1)C(=O)NC(C)(C)C(=O)Nc1ccncc1. The number of benzene rings is 2. The fraction of sp³-hybridized carbons (Fsp3) is 0.256. The van der Waals surface area contributed by atoms with Gasteiger partial charge in [0.2, 0.25) is 17.7 Å². The minimum absolute atomic E-state index is 0.106. The van der Waals surface area contributed by atoms with Crippen LogP contribution in [0.2, 0.25) is 0 Å². The molecule has 296 valence electrons. The Bertz CT molecular complexity index is 2100. The number of amides is 6. The van der Waals surface area contributed by atoms with E-state index in [0.717, 1.165) is 0 Å². The summed E-state index contributed by atoms with van der Waals surface area (Å²) < 4.78 is 0. The van der Waals surface area contributed by atoms with Gasteiger partial charge in [-0.05, 0) is 87.6 Å². The van der Waals surface area contributed by atoms with Crippen LogP contribution >= 0.6 is 0 Å². The molecule has 6 N–H and O–H groups in total. The quantitative estimate of drug-likeness (QED) is 0.0903. The molecule has 0 aliphatic heterocycles. The van der Waals surface area contributed by atoms with Crippen LogP contribution in [-0.2, 0) is 24.0 Å². The number of hydrogen-bond donors (Lipinski definition) is 6. The lowest BCUT2D eigenvalue weighted by Gasteiger charge is -2.27. The van der Waals surface area contributed by atoms with Crippen LogP contribution in [0, 0.1) is 5.92 Å². The number of nitrogens with zero attached hydrogens (tertiary/aromatic N) is 2. The van der Waals surface area contributed by atoms with E-state index in [-0.39, 0.29) is 29.3 Å². The summed E-state index contributed by atoms with van der Waals surface area (Å²) in [6.07, 6.45) is 9.00. The zero-order valence-corrected chi connectivity index (χ0v) is 32.8. The number of rotatable bonds is 16.